The molecule has 1 atom stereocenters. The third kappa shape index (κ3) is 4.20. The van der Waals surface area contributed by atoms with Gasteiger partial charge in [-0.15, -0.1) is 0 Å². The van der Waals surface area contributed by atoms with Crippen molar-refractivity contribution in [2.75, 3.05) is 19.6 Å². The summed E-state index contributed by atoms with van der Waals surface area (Å²) in [5, 5.41) is 11.0. The van der Waals surface area contributed by atoms with Crippen LogP contribution in [-0.2, 0) is 4.79 Å². The van der Waals surface area contributed by atoms with Crippen LogP contribution in [0.1, 0.15) is 23.3 Å². The van der Waals surface area contributed by atoms with Gasteiger partial charge in [0.05, 0.1) is 4.70 Å². The Labute approximate surface area is 177 Å². The molecule has 156 valence electrons. The van der Waals surface area contributed by atoms with Gasteiger partial charge in [0.1, 0.15) is 11.5 Å². The summed E-state index contributed by atoms with van der Waals surface area (Å²) in [5.74, 6) is 0.271. The minimum atomic E-state index is -0.250. The molecule has 30 heavy (non-hydrogen) atoms. The number of hydrogen-bond donors (Lipinski definition) is 2. The average Bonchev–Trinajstić information content (AvgIpc) is 3.19. The highest BCUT2D eigenvalue weighted by Crippen LogP contribution is 2.31. The van der Waals surface area contributed by atoms with Gasteiger partial charge in [-0.05, 0) is 72.7 Å². The lowest BCUT2D eigenvalue weighted by Gasteiger charge is -2.44. The van der Waals surface area contributed by atoms with Gasteiger partial charge in [0, 0.05) is 18.0 Å². The fraction of sp³-hybridized carbons (Fsp3) is 0.318. The average molecular weight is 428 g/mol. The molecule has 3 aliphatic heterocycles. The maximum atomic E-state index is 13.1. The lowest BCUT2D eigenvalue weighted by molar-refractivity contribution is -0.122. The van der Waals surface area contributed by atoms with Crippen molar-refractivity contribution in [3.05, 3.63) is 54.0 Å². The molecule has 4 heterocycles. The van der Waals surface area contributed by atoms with Crippen LogP contribution < -0.4 is 5.32 Å². The normalized spacial score (nSPS) is 22.2. The van der Waals surface area contributed by atoms with Crippen molar-refractivity contribution in [3.8, 4) is 11.1 Å². The van der Waals surface area contributed by atoms with Gasteiger partial charge in [-0.1, -0.05) is 24.3 Å². The highest BCUT2D eigenvalue weighted by atomic mass is 32.1. The fourth-order valence-electron chi connectivity index (χ4n) is 4.29. The van der Waals surface area contributed by atoms with Crippen molar-refractivity contribution in [3.63, 3.8) is 0 Å². The zero-order valence-corrected chi connectivity index (χ0v) is 17.1. The Kier molecular flexibility index (Phi) is 6.06. The van der Waals surface area contributed by atoms with Gasteiger partial charge in [0.25, 0.3) is 12.4 Å². The quantitative estimate of drug-likeness (QED) is 0.624. The number of carbonyl (C=O) groups is 2. The van der Waals surface area contributed by atoms with E-state index in [1.54, 1.807) is 12.1 Å². The van der Waals surface area contributed by atoms with Gasteiger partial charge in [-0.25, -0.2) is 4.39 Å². The summed E-state index contributed by atoms with van der Waals surface area (Å²) < 4.78 is 18.5. The third-order valence-electron chi connectivity index (χ3n) is 5.84. The number of halogens is 1. The van der Waals surface area contributed by atoms with Crippen LogP contribution in [0.3, 0.4) is 0 Å². The van der Waals surface area contributed by atoms with E-state index in [0.717, 1.165) is 40.8 Å². The number of amides is 1. The minimum absolute atomic E-state index is 0.0745. The lowest BCUT2D eigenvalue weighted by atomic mass is 9.84. The maximum absolute atomic E-state index is 13.1. The lowest BCUT2D eigenvalue weighted by Crippen LogP contribution is -2.57. The van der Waals surface area contributed by atoms with Crippen LogP contribution >= 0.6 is 11.5 Å². The number of nitrogens with zero attached hydrogens (tertiary/aromatic N) is 2. The van der Waals surface area contributed by atoms with Crippen LogP contribution in [-0.4, -0.2) is 52.4 Å². The van der Waals surface area contributed by atoms with E-state index in [-0.39, 0.29) is 24.2 Å². The van der Waals surface area contributed by atoms with Crippen molar-refractivity contribution in [1.29, 1.82) is 0 Å². The highest BCUT2D eigenvalue weighted by Gasteiger charge is 2.35. The first-order valence-corrected chi connectivity index (χ1v) is 10.6. The van der Waals surface area contributed by atoms with Gasteiger partial charge in [0.15, 0.2) is 0 Å². The van der Waals surface area contributed by atoms with Crippen LogP contribution in [0.25, 0.3) is 21.2 Å². The molecule has 0 saturated carbocycles. The third-order valence-corrected chi connectivity index (χ3v) is 6.65. The fourth-order valence-corrected chi connectivity index (χ4v) is 5.10. The Morgan fingerprint density at radius 1 is 1.17 bits per heavy atom. The first-order valence-electron chi connectivity index (χ1n) is 9.85. The zero-order valence-electron chi connectivity index (χ0n) is 16.3. The van der Waals surface area contributed by atoms with Crippen molar-refractivity contribution < 1.29 is 19.1 Å². The molecule has 6 rings (SSSR count). The van der Waals surface area contributed by atoms with Crippen LogP contribution in [0.15, 0.2) is 42.5 Å². The summed E-state index contributed by atoms with van der Waals surface area (Å²) in [6.07, 6.45) is 2.34. The SMILES string of the molecule is O=C(N[C@H]1CN2CCC1CC2)c1nsc2cc(-c3ccc(F)cc3)ccc12.O=CO. The second kappa shape index (κ2) is 8.89. The second-order valence-corrected chi connectivity index (χ2v) is 8.38. The molecule has 0 unspecified atom stereocenters. The molecule has 3 fully saturated rings. The van der Waals surface area contributed by atoms with E-state index >= 15 is 0 Å². The number of fused-ring (bicyclic) bond motifs is 4. The van der Waals surface area contributed by atoms with E-state index < -0.39 is 0 Å². The molecular formula is C22H22FN3O3S. The van der Waals surface area contributed by atoms with Crippen molar-refractivity contribution in [2.24, 2.45) is 5.92 Å². The summed E-state index contributed by atoms with van der Waals surface area (Å²) >= 11 is 1.34. The molecule has 0 aliphatic carbocycles. The van der Waals surface area contributed by atoms with Gasteiger partial charge in [-0.3, -0.25) is 9.59 Å². The summed E-state index contributed by atoms with van der Waals surface area (Å²) in [7, 11) is 0. The molecule has 3 aromatic rings. The van der Waals surface area contributed by atoms with E-state index in [0.29, 0.717) is 11.6 Å². The number of carbonyl (C=O) groups excluding carboxylic acids is 1. The number of hydrogen-bond acceptors (Lipinski definition) is 5. The monoisotopic (exact) mass is 427 g/mol. The van der Waals surface area contributed by atoms with E-state index in [4.69, 9.17) is 9.90 Å². The van der Waals surface area contributed by atoms with Crippen LogP contribution in [0.2, 0.25) is 0 Å². The molecule has 2 aromatic carbocycles. The molecule has 1 aromatic heterocycles. The standard InChI is InChI=1S/C21H20FN3OS.CH2O2/c22-16-4-1-13(2-5-16)15-3-6-17-19(11-15)27-24-20(17)21(26)23-18-12-25-9-7-14(18)8-10-25;2-1-3/h1-6,11,14,18H,7-10,12H2,(H,23,26);1H,(H,2,3)/t18-;/m0./s1. The molecule has 2 bridgehead atoms. The first-order chi connectivity index (χ1) is 14.6. The van der Waals surface area contributed by atoms with Gasteiger partial charge >= 0.3 is 0 Å². The van der Waals surface area contributed by atoms with Crippen molar-refractivity contribution >= 4 is 34.0 Å². The van der Waals surface area contributed by atoms with E-state index in [9.17, 15) is 9.18 Å². The molecule has 0 spiro atoms. The second-order valence-electron chi connectivity index (χ2n) is 7.57. The summed E-state index contributed by atoms with van der Waals surface area (Å²) in [6.45, 7) is 3.01. The zero-order chi connectivity index (χ0) is 21.1. The topological polar surface area (TPSA) is 82.5 Å². The van der Waals surface area contributed by atoms with Crippen molar-refractivity contribution in [1.82, 2.24) is 14.6 Å². The largest absolute Gasteiger partial charge is 0.483 e. The molecule has 8 heteroatoms. The number of aromatic nitrogens is 1. The van der Waals surface area contributed by atoms with Crippen molar-refractivity contribution in [2.45, 2.75) is 18.9 Å². The number of nitrogens with one attached hydrogen (secondary N) is 1. The maximum Gasteiger partial charge on any atom is 0.290 e. The molecule has 6 nitrogen and oxygen atoms in total. The number of benzene rings is 2. The Balaban J connectivity index is 0.000000687. The first kappa shape index (κ1) is 20.4. The van der Waals surface area contributed by atoms with E-state index in [1.165, 1.54) is 36.5 Å². The molecule has 3 saturated heterocycles. The Morgan fingerprint density at radius 2 is 1.83 bits per heavy atom. The Morgan fingerprint density at radius 3 is 2.47 bits per heavy atom. The smallest absolute Gasteiger partial charge is 0.290 e. The van der Waals surface area contributed by atoms with Crippen LogP contribution in [0.5, 0.6) is 0 Å². The summed E-state index contributed by atoms with van der Waals surface area (Å²) in [6, 6.07) is 12.6. The van der Waals surface area contributed by atoms with Gasteiger partial charge in [0.2, 0.25) is 0 Å². The molecule has 2 N–H and O–H groups in total. The Hall–Kier alpha value is -2.84. The molecule has 0 radical (unpaired) electrons. The van der Waals surface area contributed by atoms with Gasteiger partial charge in [-0.2, -0.15) is 4.37 Å². The summed E-state index contributed by atoms with van der Waals surface area (Å²) in [4.78, 5) is 23.6. The highest BCUT2D eigenvalue weighted by molar-refractivity contribution is 7.13. The number of piperidine rings is 3. The minimum Gasteiger partial charge on any atom is -0.483 e. The predicted octanol–water partition coefficient (Wildman–Crippen LogP) is 3.63. The van der Waals surface area contributed by atoms with E-state index in [1.807, 2.05) is 18.2 Å². The predicted molar refractivity (Wildman–Crippen MR) is 114 cm³/mol. The van der Waals surface area contributed by atoms with Crippen LogP contribution in [0, 0.1) is 11.7 Å². The Bertz CT molecular complexity index is 1050. The van der Waals surface area contributed by atoms with Crippen LogP contribution in [0.4, 0.5) is 4.39 Å². The molecule has 1 amide bonds. The number of rotatable bonds is 3. The van der Waals surface area contributed by atoms with E-state index in [2.05, 4.69) is 14.6 Å². The molecule has 3 aliphatic rings. The van der Waals surface area contributed by atoms with Gasteiger partial charge < -0.3 is 15.3 Å². The molecular weight excluding hydrogens is 405 g/mol. The summed E-state index contributed by atoms with van der Waals surface area (Å²) in [5.41, 5.74) is 2.46. The number of carboxylic acid groups (broad SMARTS) is 1.